The van der Waals surface area contributed by atoms with Crippen molar-refractivity contribution in [1.82, 2.24) is 9.80 Å². The fourth-order valence-electron chi connectivity index (χ4n) is 3.45. The minimum absolute atomic E-state index is 0.303. The lowest BCUT2D eigenvalue weighted by Gasteiger charge is -2.39. The molecule has 3 rings (SSSR count). The lowest BCUT2D eigenvalue weighted by molar-refractivity contribution is 0.0198. The first-order valence-electron chi connectivity index (χ1n) is 7.44. The van der Waals surface area contributed by atoms with Gasteiger partial charge in [0.05, 0.1) is 6.10 Å². The van der Waals surface area contributed by atoms with E-state index in [0.29, 0.717) is 6.04 Å². The van der Waals surface area contributed by atoms with Crippen LogP contribution in [-0.2, 0) is 6.42 Å². The molecule has 3 heteroatoms. The van der Waals surface area contributed by atoms with Crippen molar-refractivity contribution in [3.8, 4) is 0 Å². The van der Waals surface area contributed by atoms with Crippen LogP contribution in [-0.4, -0.2) is 54.2 Å². The molecule has 0 radical (unpaired) electrons. The van der Waals surface area contributed by atoms with Crippen LogP contribution in [0.3, 0.4) is 0 Å². The fourth-order valence-corrected chi connectivity index (χ4v) is 3.45. The van der Waals surface area contributed by atoms with E-state index in [2.05, 4.69) is 41.1 Å². The van der Waals surface area contributed by atoms with Crippen LogP contribution in [0.15, 0.2) is 24.3 Å². The Labute approximate surface area is 115 Å². The third-order valence-corrected chi connectivity index (χ3v) is 4.69. The Bertz CT molecular complexity index is 427. The first-order valence-corrected chi connectivity index (χ1v) is 7.44. The van der Waals surface area contributed by atoms with Gasteiger partial charge in [-0.2, -0.15) is 0 Å². The summed E-state index contributed by atoms with van der Waals surface area (Å²) in [5.74, 6) is 0. The Balaban J connectivity index is 1.79. The summed E-state index contributed by atoms with van der Waals surface area (Å²) in [5.41, 5.74) is 2.50. The summed E-state index contributed by atoms with van der Waals surface area (Å²) in [4.78, 5) is 4.86. The van der Waals surface area contributed by atoms with E-state index in [1.165, 1.54) is 12.0 Å². The highest BCUT2D eigenvalue weighted by molar-refractivity contribution is 5.31. The van der Waals surface area contributed by atoms with Gasteiger partial charge < -0.3 is 10.0 Å². The Kier molecular flexibility index (Phi) is 3.87. The summed E-state index contributed by atoms with van der Waals surface area (Å²) in [6, 6.07) is 8.72. The van der Waals surface area contributed by atoms with E-state index in [4.69, 9.17) is 0 Å². The van der Waals surface area contributed by atoms with Crippen molar-refractivity contribution in [3.05, 3.63) is 35.4 Å². The van der Waals surface area contributed by atoms with E-state index in [9.17, 15) is 5.11 Å². The van der Waals surface area contributed by atoms with Gasteiger partial charge in [-0.15, -0.1) is 0 Å². The summed E-state index contributed by atoms with van der Waals surface area (Å²) in [5, 5.41) is 10.8. The molecule has 1 heterocycles. The number of aliphatic hydroxyl groups excluding tert-OH is 1. The second kappa shape index (κ2) is 5.61. The van der Waals surface area contributed by atoms with E-state index in [0.717, 1.165) is 44.6 Å². The maximum absolute atomic E-state index is 10.8. The molecule has 2 aliphatic rings. The van der Waals surface area contributed by atoms with Crippen LogP contribution < -0.4 is 0 Å². The molecule has 1 aromatic carbocycles. The van der Waals surface area contributed by atoms with Gasteiger partial charge in [0.15, 0.2) is 0 Å². The van der Waals surface area contributed by atoms with Crippen LogP contribution in [0, 0.1) is 0 Å². The van der Waals surface area contributed by atoms with Crippen LogP contribution in [0.2, 0.25) is 0 Å². The molecule has 0 bridgehead atoms. The first kappa shape index (κ1) is 13.1. The van der Waals surface area contributed by atoms with E-state index >= 15 is 0 Å². The number of fused-ring (bicyclic) bond motifs is 1. The second-order valence-corrected chi connectivity index (χ2v) is 5.94. The smallest absolute Gasteiger partial charge is 0.0947 e. The Morgan fingerprint density at radius 3 is 2.63 bits per heavy atom. The average Bonchev–Trinajstić information content (AvgIpc) is 2.60. The van der Waals surface area contributed by atoms with Crippen LogP contribution >= 0.6 is 0 Å². The summed E-state index contributed by atoms with van der Waals surface area (Å²) in [6.07, 6.45) is 3.09. The molecule has 1 N–H and O–H groups in total. The maximum atomic E-state index is 10.8. The van der Waals surface area contributed by atoms with Crippen molar-refractivity contribution in [2.75, 3.05) is 33.2 Å². The quantitative estimate of drug-likeness (QED) is 0.778. The largest absolute Gasteiger partial charge is 0.387 e. The van der Waals surface area contributed by atoms with Gasteiger partial charge in [0.1, 0.15) is 0 Å². The van der Waals surface area contributed by atoms with Crippen LogP contribution in [0.5, 0.6) is 0 Å². The number of hydrogen-bond donors (Lipinski definition) is 1. The molecule has 1 saturated heterocycles. The van der Waals surface area contributed by atoms with Crippen molar-refractivity contribution in [1.29, 1.82) is 0 Å². The van der Waals surface area contributed by atoms with E-state index in [-0.39, 0.29) is 6.10 Å². The number of benzene rings is 1. The molecule has 1 aromatic rings. The van der Waals surface area contributed by atoms with Gasteiger partial charge in [-0.05, 0) is 37.4 Å². The van der Waals surface area contributed by atoms with Gasteiger partial charge >= 0.3 is 0 Å². The number of nitrogens with zero attached hydrogens (tertiary/aromatic N) is 2. The molecule has 0 aromatic heterocycles. The van der Waals surface area contributed by atoms with Crippen LogP contribution in [0.4, 0.5) is 0 Å². The summed E-state index contributed by atoms with van der Waals surface area (Å²) in [7, 11) is 2.18. The van der Waals surface area contributed by atoms with E-state index < -0.39 is 0 Å². The minimum atomic E-state index is -0.317. The van der Waals surface area contributed by atoms with Gasteiger partial charge in [0, 0.05) is 32.2 Å². The van der Waals surface area contributed by atoms with Gasteiger partial charge in [-0.1, -0.05) is 24.3 Å². The number of aliphatic hydroxyl groups is 1. The number of hydrogen-bond acceptors (Lipinski definition) is 3. The van der Waals surface area contributed by atoms with Crippen molar-refractivity contribution in [2.24, 2.45) is 0 Å². The number of piperazine rings is 1. The molecule has 19 heavy (non-hydrogen) atoms. The molecular weight excluding hydrogens is 236 g/mol. The molecule has 1 aliphatic heterocycles. The standard InChI is InChI=1S/C16H24N2O/c1-17-9-11-18(12-10-17)15-8-4-6-13-5-2-3-7-14(13)16(15)19/h2-3,5,7,15-16,19H,4,6,8-12H2,1H3/t15-,16+/m0/s1. The van der Waals surface area contributed by atoms with Crippen LogP contribution in [0.1, 0.15) is 30.1 Å². The lowest BCUT2D eigenvalue weighted by Crippen LogP contribution is -2.50. The topological polar surface area (TPSA) is 26.7 Å². The number of aryl methyl sites for hydroxylation is 1. The van der Waals surface area contributed by atoms with Crippen molar-refractivity contribution in [3.63, 3.8) is 0 Å². The zero-order valence-electron chi connectivity index (χ0n) is 11.8. The molecule has 0 amide bonds. The number of rotatable bonds is 1. The molecule has 0 spiro atoms. The zero-order valence-corrected chi connectivity index (χ0v) is 11.8. The Hall–Kier alpha value is -0.900. The monoisotopic (exact) mass is 260 g/mol. The highest BCUT2D eigenvalue weighted by Crippen LogP contribution is 2.32. The maximum Gasteiger partial charge on any atom is 0.0947 e. The van der Waals surface area contributed by atoms with Gasteiger partial charge in [0.25, 0.3) is 0 Å². The molecular formula is C16H24N2O. The molecule has 104 valence electrons. The van der Waals surface area contributed by atoms with Crippen LogP contribution in [0.25, 0.3) is 0 Å². The third kappa shape index (κ3) is 2.69. The summed E-state index contributed by atoms with van der Waals surface area (Å²) < 4.78 is 0. The first-order chi connectivity index (χ1) is 9.25. The Morgan fingerprint density at radius 2 is 1.84 bits per heavy atom. The second-order valence-electron chi connectivity index (χ2n) is 5.94. The predicted octanol–water partition coefficient (Wildman–Crippen LogP) is 1.67. The average molecular weight is 260 g/mol. The third-order valence-electron chi connectivity index (χ3n) is 4.69. The molecule has 2 atom stereocenters. The SMILES string of the molecule is CN1CCN([C@H]2CCCc3ccccc3[C@H]2O)CC1. The molecule has 1 aliphatic carbocycles. The lowest BCUT2D eigenvalue weighted by atomic mass is 9.97. The number of likely N-dealkylation sites (N-methyl/N-ethyl adjacent to an activating group) is 1. The van der Waals surface area contributed by atoms with E-state index in [1.807, 2.05) is 0 Å². The van der Waals surface area contributed by atoms with Gasteiger partial charge in [-0.3, -0.25) is 4.90 Å². The zero-order chi connectivity index (χ0) is 13.2. The Morgan fingerprint density at radius 1 is 1.11 bits per heavy atom. The van der Waals surface area contributed by atoms with Crippen molar-refractivity contribution < 1.29 is 5.11 Å². The molecule has 0 unspecified atom stereocenters. The van der Waals surface area contributed by atoms with E-state index in [1.54, 1.807) is 0 Å². The molecule has 3 nitrogen and oxygen atoms in total. The molecule has 1 fully saturated rings. The van der Waals surface area contributed by atoms with Crippen molar-refractivity contribution in [2.45, 2.75) is 31.4 Å². The predicted molar refractivity (Wildman–Crippen MR) is 77.2 cm³/mol. The fraction of sp³-hybridized carbons (Fsp3) is 0.625. The highest BCUT2D eigenvalue weighted by Gasteiger charge is 2.31. The highest BCUT2D eigenvalue weighted by atomic mass is 16.3. The normalized spacial score (nSPS) is 29.8. The summed E-state index contributed by atoms with van der Waals surface area (Å²) in [6.45, 7) is 4.40. The van der Waals surface area contributed by atoms with Gasteiger partial charge in [0.2, 0.25) is 0 Å². The summed E-state index contributed by atoms with van der Waals surface area (Å²) >= 11 is 0. The van der Waals surface area contributed by atoms with Crippen molar-refractivity contribution >= 4 is 0 Å². The van der Waals surface area contributed by atoms with Gasteiger partial charge in [-0.25, -0.2) is 0 Å². The molecule has 0 saturated carbocycles. The minimum Gasteiger partial charge on any atom is -0.387 e.